The van der Waals surface area contributed by atoms with E-state index in [2.05, 4.69) is 17.6 Å². The highest BCUT2D eigenvalue weighted by molar-refractivity contribution is 6.25. The number of fused-ring (bicyclic) bond motifs is 1. The van der Waals surface area contributed by atoms with Crippen molar-refractivity contribution in [2.45, 2.75) is 52.5 Å². The summed E-state index contributed by atoms with van der Waals surface area (Å²) in [7, 11) is 0. The molecule has 140 valence electrons. The molecule has 7 nitrogen and oxygen atoms in total. The first-order chi connectivity index (χ1) is 12.5. The zero-order valence-corrected chi connectivity index (χ0v) is 15.4. The Kier molecular flexibility index (Phi) is 6.49. The average Bonchev–Trinajstić information content (AvgIpc) is 2.89. The Morgan fingerprint density at radius 3 is 2.54 bits per heavy atom. The minimum atomic E-state index is -0.932. The lowest BCUT2D eigenvalue weighted by atomic mass is 10.0. The standard InChI is InChI=1S/C17H19N3O4.C2H6/c1-2-3-9-18-11-6-4-5-10-14(11)17(24)20(16(10)23)12-7-8-13(21)19-15(12)22;1-2/h4-6,12,18H,2-3,7-9H2,1H3,(H,19,21,22);1-2H3. The highest BCUT2D eigenvalue weighted by Gasteiger charge is 2.45. The third kappa shape index (κ3) is 3.61. The summed E-state index contributed by atoms with van der Waals surface area (Å²) in [5.41, 5.74) is 1.21. The minimum Gasteiger partial charge on any atom is -0.384 e. The van der Waals surface area contributed by atoms with Gasteiger partial charge >= 0.3 is 0 Å². The molecule has 1 aromatic carbocycles. The second-order valence-corrected chi connectivity index (χ2v) is 5.96. The van der Waals surface area contributed by atoms with Gasteiger partial charge in [0.1, 0.15) is 6.04 Å². The summed E-state index contributed by atoms with van der Waals surface area (Å²) in [5, 5.41) is 5.38. The number of anilines is 1. The van der Waals surface area contributed by atoms with E-state index in [-0.39, 0.29) is 18.7 Å². The van der Waals surface area contributed by atoms with Crippen molar-refractivity contribution in [3.8, 4) is 0 Å². The summed E-state index contributed by atoms with van der Waals surface area (Å²) < 4.78 is 0. The largest absolute Gasteiger partial charge is 0.384 e. The van der Waals surface area contributed by atoms with Gasteiger partial charge in [-0.05, 0) is 25.0 Å². The molecule has 3 rings (SSSR count). The highest BCUT2D eigenvalue weighted by Crippen LogP contribution is 2.32. The Morgan fingerprint density at radius 2 is 1.88 bits per heavy atom. The highest BCUT2D eigenvalue weighted by atomic mass is 16.2. The van der Waals surface area contributed by atoms with Gasteiger partial charge in [0.2, 0.25) is 11.8 Å². The molecular weight excluding hydrogens is 334 g/mol. The monoisotopic (exact) mass is 359 g/mol. The van der Waals surface area contributed by atoms with Crippen molar-refractivity contribution in [2.75, 3.05) is 11.9 Å². The van der Waals surface area contributed by atoms with Crippen molar-refractivity contribution in [1.82, 2.24) is 10.2 Å². The van der Waals surface area contributed by atoms with Gasteiger partial charge in [-0.25, -0.2) is 0 Å². The zero-order valence-electron chi connectivity index (χ0n) is 15.4. The van der Waals surface area contributed by atoms with Crippen LogP contribution < -0.4 is 10.6 Å². The van der Waals surface area contributed by atoms with E-state index in [9.17, 15) is 19.2 Å². The van der Waals surface area contributed by atoms with E-state index in [1.54, 1.807) is 18.2 Å². The second-order valence-electron chi connectivity index (χ2n) is 5.96. The van der Waals surface area contributed by atoms with Crippen LogP contribution in [0.2, 0.25) is 0 Å². The minimum absolute atomic E-state index is 0.116. The number of carbonyl (C=O) groups is 4. The Balaban J connectivity index is 0.00000117. The normalized spacial score (nSPS) is 18.9. The van der Waals surface area contributed by atoms with Gasteiger partial charge in [0, 0.05) is 18.7 Å². The summed E-state index contributed by atoms with van der Waals surface area (Å²) in [6, 6.07) is 4.13. The molecule has 0 aromatic heterocycles. The van der Waals surface area contributed by atoms with Gasteiger partial charge in [-0.2, -0.15) is 0 Å². The van der Waals surface area contributed by atoms with E-state index in [0.717, 1.165) is 17.7 Å². The Morgan fingerprint density at radius 1 is 1.15 bits per heavy atom. The number of nitrogens with zero attached hydrogens (tertiary/aromatic N) is 1. The summed E-state index contributed by atoms with van der Waals surface area (Å²) in [4.78, 5) is 49.7. The number of hydrogen-bond donors (Lipinski definition) is 2. The Hall–Kier alpha value is -2.70. The van der Waals surface area contributed by atoms with Crippen molar-refractivity contribution in [1.29, 1.82) is 0 Å². The average molecular weight is 359 g/mol. The van der Waals surface area contributed by atoms with Crippen LogP contribution in [0.25, 0.3) is 0 Å². The molecule has 2 aliphatic heterocycles. The summed E-state index contributed by atoms with van der Waals surface area (Å²) >= 11 is 0. The predicted molar refractivity (Wildman–Crippen MR) is 97.9 cm³/mol. The van der Waals surface area contributed by atoms with Gasteiger partial charge in [-0.3, -0.25) is 29.4 Å². The molecule has 1 fully saturated rings. The number of imide groups is 2. The van der Waals surface area contributed by atoms with Crippen LogP contribution in [0.3, 0.4) is 0 Å². The van der Waals surface area contributed by atoms with Crippen LogP contribution in [0, 0.1) is 0 Å². The van der Waals surface area contributed by atoms with E-state index in [0.29, 0.717) is 23.4 Å². The third-order valence-electron chi connectivity index (χ3n) is 4.31. The van der Waals surface area contributed by atoms with Crippen molar-refractivity contribution in [3.63, 3.8) is 0 Å². The van der Waals surface area contributed by atoms with E-state index in [1.807, 2.05) is 13.8 Å². The van der Waals surface area contributed by atoms with Gasteiger partial charge in [0.05, 0.1) is 11.1 Å². The first-order valence-corrected chi connectivity index (χ1v) is 9.13. The van der Waals surface area contributed by atoms with Crippen molar-refractivity contribution < 1.29 is 19.2 Å². The topological polar surface area (TPSA) is 95.6 Å². The van der Waals surface area contributed by atoms with Gasteiger partial charge in [0.15, 0.2) is 0 Å². The molecule has 1 unspecified atom stereocenters. The fraction of sp³-hybridized carbons (Fsp3) is 0.474. The molecule has 26 heavy (non-hydrogen) atoms. The lowest BCUT2D eigenvalue weighted by Crippen LogP contribution is -2.54. The summed E-state index contributed by atoms with van der Waals surface area (Å²) in [6.07, 6.45) is 2.24. The molecule has 0 saturated carbocycles. The molecule has 2 aliphatic rings. The van der Waals surface area contributed by atoms with Gasteiger partial charge in [-0.15, -0.1) is 0 Å². The summed E-state index contributed by atoms with van der Waals surface area (Å²) in [5.74, 6) is -1.94. The predicted octanol–water partition coefficient (Wildman–Crippen LogP) is 2.33. The molecule has 1 saturated heterocycles. The van der Waals surface area contributed by atoms with Gasteiger partial charge in [0.25, 0.3) is 11.8 Å². The molecule has 2 heterocycles. The molecule has 0 aliphatic carbocycles. The fourth-order valence-corrected chi connectivity index (χ4v) is 3.06. The van der Waals surface area contributed by atoms with Crippen LogP contribution in [-0.4, -0.2) is 41.1 Å². The summed E-state index contributed by atoms with van der Waals surface area (Å²) in [6.45, 7) is 6.77. The number of piperidine rings is 1. The number of carbonyl (C=O) groups excluding carboxylic acids is 4. The molecule has 7 heteroatoms. The van der Waals surface area contributed by atoms with Crippen molar-refractivity contribution >= 4 is 29.3 Å². The number of nitrogens with one attached hydrogen (secondary N) is 2. The molecule has 1 aromatic rings. The number of rotatable bonds is 5. The van der Waals surface area contributed by atoms with Crippen molar-refractivity contribution in [2.24, 2.45) is 0 Å². The van der Waals surface area contributed by atoms with E-state index < -0.39 is 23.8 Å². The molecule has 0 bridgehead atoms. The van der Waals surface area contributed by atoms with Crippen LogP contribution in [0.4, 0.5) is 5.69 Å². The second kappa shape index (κ2) is 8.60. The maximum atomic E-state index is 12.8. The van der Waals surface area contributed by atoms with Crippen LogP contribution >= 0.6 is 0 Å². The van der Waals surface area contributed by atoms with Crippen LogP contribution in [0.5, 0.6) is 0 Å². The lowest BCUT2D eigenvalue weighted by molar-refractivity contribution is -0.136. The smallest absolute Gasteiger partial charge is 0.264 e. The molecule has 0 spiro atoms. The molecule has 0 radical (unpaired) electrons. The van der Waals surface area contributed by atoms with Crippen LogP contribution in [-0.2, 0) is 9.59 Å². The van der Waals surface area contributed by atoms with E-state index in [4.69, 9.17) is 0 Å². The molecule has 2 N–H and O–H groups in total. The zero-order chi connectivity index (χ0) is 19.3. The maximum Gasteiger partial charge on any atom is 0.264 e. The van der Waals surface area contributed by atoms with E-state index in [1.165, 1.54) is 0 Å². The van der Waals surface area contributed by atoms with E-state index >= 15 is 0 Å². The fourth-order valence-electron chi connectivity index (χ4n) is 3.06. The lowest BCUT2D eigenvalue weighted by Gasteiger charge is -2.27. The Bertz CT molecular complexity index is 729. The Labute approximate surface area is 153 Å². The van der Waals surface area contributed by atoms with Crippen LogP contribution in [0.1, 0.15) is 67.2 Å². The maximum absolute atomic E-state index is 12.8. The quantitative estimate of drug-likeness (QED) is 0.621. The first kappa shape index (κ1) is 19.6. The van der Waals surface area contributed by atoms with Gasteiger partial charge < -0.3 is 5.32 Å². The third-order valence-corrected chi connectivity index (χ3v) is 4.31. The number of unbranched alkanes of at least 4 members (excludes halogenated alkanes) is 1. The molecule has 4 amide bonds. The SMILES string of the molecule is CC.CCCCNc1cccc2c1C(=O)N(C1CCC(=O)NC1=O)C2=O. The first-order valence-electron chi connectivity index (χ1n) is 9.13. The number of benzene rings is 1. The van der Waals surface area contributed by atoms with Crippen molar-refractivity contribution in [3.05, 3.63) is 29.3 Å². The number of amides is 4. The molecular formula is C19H25N3O4. The van der Waals surface area contributed by atoms with Crippen LogP contribution in [0.15, 0.2) is 18.2 Å². The number of hydrogen-bond acceptors (Lipinski definition) is 5. The molecule has 1 atom stereocenters. The van der Waals surface area contributed by atoms with Gasteiger partial charge in [-0.1, -0.05) is 33.3 Å².